The lowest BCUT2D eigenvalue weighted by molar-refractivity contribution is 0.685. The molecule has 1 aliphatic rings. The largest absolute Gasteiger partial charge is 0.361 e. The van der Waals surface area contributed by atoms with Crippen LogP contribution in [-0.4, -0.2) is 17.1 Å². The van der Waals surface area contributed by atoms with Gasteiger partial charge in [0.1, 0.15) is 0 Å². The molecule has 3 heteroatoms. The maximum atomic E-state index is 11.6. The fourth-order valence-electron chi connectivity index (χ4n) is 1.59. The Hall–Kier alpha value is -0.830. The summed E-state index contributed by atoms with van der Waals surface area (Å²) in [4.78, 5) is 3.05. The monoisotopic (exact) mass is 195 g/mol. The van der Waals surface area contributed by atoms with Crippen molar-refractivity contribution in [3.8, 4) is 0 Å². The Morgan fingerprint density at radius 3 is 3.00 bits per heavy atom. The molecular weight excluding hydrogens is 182 g/mol. The van der Waals surface area contributed by atoms with Crippen LogP contribution >= 0.6 is 0 Å². The Morgan fingerprint density at radius 1 is 1.54 bits per heavy atom. The van der Waals surface area contributed by atoms with E-state index in [4.69, 9.17) is 0 Å². The first-order valence-electron chi connectivity index (χ1n) is 4.45. The molecule has 0 saturated heterocycles. The van der Waals surface area contributed by atoms with E-state index in [0.29, 0.717) is 5.88 Å². The molecule has 0 aliphatic carbocycles. The highest BCUT2D eigenvalue weighted by atomic mass is 32.2. The van der Waals surface area contributed by atoms with Crippen molar-refractivity contribution in [3.05, 3.63) is 23.8 Å². The lowest BCUT2D eigenvalue weighted by atomic mass is 10.1. The predicted octanol–water partition coefficient (Wildman–Crippen LogP) is 1.76. The standard InChI is InChI=1S/C10H13NOS/c1-3-8-4-5-9-10(6-8)13(12)7-11(9)2/h4-6H,3,7H2,1-2H3. The smallest absolute Gasteiger partial charge is 0.0982 e. The Balaban J connectivity index is 2.52. The van der Waals surface area contributed by atoms with Crippen molar-refractivity contribution in [2.45, 2.75) is 18.2 Å². The molecule has 1 aromatic carbocycles. The van der Waals surface area contributed by atoms with E-state index in [0.717, 1.165) is 17.0 Å². The number of rotatable bonds is 1. The number of fused-ring (bicyclic) bond motifs is 1. The lowest BCUT2D eigenvalue weighted by Gasteiger charge is -2.09. The van der Waals surface area contributed by atoms with Crippen LogP contribution < -0.4 is 4.90 Å². The van der Waals surface area contributed by atoms with Crippen LogP contribution in [-0.2, 0) is 17.2 Å². The van der Waals surface area contributed by atoms with Crippen molar-refractivity contribution in [2.75, 3.05) is 17.8 Å². The van der Waals surface area contributed by atoms with Crippen molar-refractivity contribution in [1.82, 2.24) is 0 Å². The highest BCUT2D eigenvalue weighted by molar-refractivity contribution is 7.85. The van der Waals surface area contributed by atoms with Crippen molar-refractivity contribution in [2.24, 2.45) is 0 Å². The Labute approximate surface area is 81.0 Å². The summed E-state index contributed by atoms with van der Waals surface area (Å²) in [7, 11) is 1.17. The van der Waals surface area contributed by atoms with E-state index in [9.17, 15) is 4.21 Å². The predicted molar refractivity (Wildman–Crippen MR) is 55.5 cm³/mol. The maximum Gasteiger partial charge on any atom is 0.0982 e. The lowest BCUT2D eigenvalue weighted by Crippen LogP contribution is -2.13. The van der Waals surface area contributed by atoms with Crippen LogP contribution in [0.1, 0.15) is 12.5 Å². The number of hydrogen-bond donors (Lipinski definition) is 0. The van der Waals surface area contributed by atoms with Gasteiger partial charge < -0.3 is 4.90 Å². The zero-order valence-electron chi connectivity index (χ0n) is 7.91. The van der Waals surface area contributed by atoms with Crippen LogP contribution in [0.2, 0.25) is 0 Å². The third kappa shape index (κ3) is 1.37. The fraction of sp³-hybridized carbons (Fsp3) is 0.400. The zero-order chi connectivity index (χ0) is 9.42. The molecule has 13 heavy (non-hydrogen) atoms. The van der Waals surface area contributed by atoms with Crippen molar-refractivity contribution in [1.29, 1.82) is 0 Å². The van der Waals surface area contributed by atoms with Crippen LogP contribution in [0.3, 0.4) is 0 Å². The van der Waals surface area contributed by atoms with Gasteiger partial charge in [-0.3, -0.25) is 4.21 Å². The van der Waals surface area contributed by atoms with E-state index >= 15 is 0 Å². The molecule has 2 rings (SSSR count). The van der Waals surface area contributed by atoms with E-state index in [-0.39, 0.29) is 0 Å². The first-order valence-corrected chi connectivity index (χ1v) is 5.76. The second-order valence-electron chi connectivity index (χ2n) is 3.33. The molecule has 70 valence electrons. The molecular formula is C10H13NOS. The van der Waals surface area contributed by atoms with E-state index in [1.54, 1.807) is 0 Å². The number of nitrogens with zero attached hydrogens (tertiary/aromatic N) is 1. The minimum absolute atomic E-state index is 0.641. The quantitative estimate of drug-likeness (QED) is 0.680. The first kappa shape index (κ1) is 8.75. The molecule has 2 nitrogen and oxygen atoms in total. The molecule has 0 bridgehead atoms. The van der Waals surface area contributed by atoms with Gasteiger partial charge in [-0.2, -0.15) is 0 Å². The van der Waals surface area contributed by atoms with E-state index in [1.165, 1.54) is 5.56 Å². The topological polar surface area (TPSA) is 20.3 Å². The minimum Gasteiger partial charge on any atom is -0.361 e. The molecule has 1 aromatic rings. The number of anilines is 1. The second-order valence-corrected chi connectivity index (χ2v) is 4.72. The maximum absolute atomic E-state index is 11.6. The molecule has 0 saturated carbocycles. The number of aryl methyl sites for hydroxylation is 1. The van der Waals surface area contributed by atoms with Gasteiger partial charge in [0.2, 0.25) is 0 Å². The molecule has 0 radical (unpaired) electrons. The third-order valence-corrected chi connectivity index (χ3v) is 3.84. The molecule has 0 fully saturated rings. The zero-order valence-corrected chi connectivity index (χ0v) is 8.73. The van der Waals surface area contributed by atoms with Gasteiger partial charge in [-0.1, -0.05) is 13.0 Å². The van der Waals surface area contributed by atoms with E-state index in [2.05, 4.69) is 25.1 Å². The average molecular weight is 195 g/mol. The van der Waals surface area contributed by atoms with Crippen LogP contribution in [0.4, 0.5) is 5.69 Å². The molecule has 1 atom stereocenters. The normalized spacial score (nSPS) is 20.5. The molecule has 1 unspecified atom stereocenters. The van der Waals surface area contributed by atoms with Gasteiger partial charge in [0.15, 0.2) is 0 Å². The fourth-order valence-corrected chi connectivity index (χ4v) is 2.96. The van der Waals surface area contributed by atoms with Gasteiger partial charge in [-0.05, 0) is 24.1 Å². The van der Waals surface area contributed by atoms with Crippen LogP contribution in [0.5, 0.6) is 0 Å². The van der Waals surface area contributed by atoms with Gasteiger partial charge in [0, 0.05) is 7.05 Å². The Morgan fingerprint density at radius 2 is 2.31 bits per heavy atom. The second kappa shape index (κ2) is 3.14. The minimum atomic E-state index is -0.814. The third-order valence-electron chi connectivity index (χ3n) is 2.40. The molecule has 0 spiro atoms. The summed E-state index contributed by atoms with van der Waals surface area (Å²) < 4.78 is 11.6. The van der Waals surface area contributed by atoms with Crippen molar-refractivity contribution in [3.63, 3.8) is 0 Å². The summed E-state index contributed by atoms with van der Waals surface area (Å²) in [6.45, 7) is 2.11. The molecule has 1 heterocycles. The summed E-state index contributed by atoms with van der Waals surface area (Å²) in [5, 5.41) is 0. The first-order chi connectivity index (χ1) is 6.22. The summed E-state index contributed by atoms with van der Waals surface area (Å²) in [5.41, 5.74) is 2.39. The Bertz CT molecular complexity index is 362. The van der Waals surface area contributed by atoms with Gasteiger partial charge in [0.05, 0.1) is 27.3 Å². The van der Waals surface area contributed by atoms with Gasteiger partial charge >= 0.3 is 0 Å². The van der Waals surface area contributed by atoms with Crippen molar-refractivity contribution < 1.29 is 4.21 Å². The molecule has 1 aliphatic heterocycles. The Kier molecular flexibility index (Phi) is 2.12. The van der Waals surface area contributed by atoms with Gasteiger partial charge in [-0.15, -0.1) is 0 Å². The average Bonchev–Trinajstić information content (AvgIpc) is 2.42. The van der Waals surface area contributed by atoms with Gasteiger partial charge in [-0.25, -0.2) is 0 Å². The summed E-state index contributed by atoms with van der Waals surface area (Å²) in [6.07, 6.45) is 1.01. The van der Waals surface area contributed by atoms with Crippen molar-refractivity contribution >= 4 is 16.5 Å². The van der Waals surface area contributed by atoms with Crippen LogP contribution in [0.15, 0.2) is 23.1 Å². The molecule has 0 N–H and O–H groups in total. The highest BCUT2D eigenvalue weighted by Crippen LogP contribution is 2.30. The van der Waals surface area contributed by atoms with Crippen LogP contribution in [0.25, 0.3) is 0 Å². The highest BCUT2D eigenvalue weighted by Gasteiger charge is 2.22. The van der Waals surface area contributed by atoms with Gasteiger partial charge in [0.25, 0.3) is 0 Å². The van der Waals surface area contributed by atoms with E-state index in [1.807, 2.05) is 11.9 Å². The summed E-state index contributed by atoms with van der Waals surface area (Å²) in [6, 6.07) is 6.24. The SMILES string of the molecule is CCc1ccc2c(c1)S(=O)CN2C. The molecule has 0 amide bonds. The number of hydrogen-bond acceptors (Lipinski definition) is 2. The number of benzene rings is 1. The summed E-state index contributed by atoms with van der Waals surface area (Å²) >= 11 is 0. The van der Waals surface area contributed by atoms with E-state index < -0.39 is 10.8 Å². The van der Waals surface area contributed by atoms with Crippen LogP contribution in [0, 0.1) is 0 Å². The summed E-state index contributed by atoms with van der Waals surface area (Å²) in [5.74, 6) is 0.641. The molecule has 0 aromatic heterocycles.